The van der Waals surface area contributed by atoms with E-state index in [1.54, 1.807) is 37.5 Å². The third-order valence-corrected chi connectivity index (χ3v) is 3.42. The van der Waals surface area contributed by atoms with E-state index >= 15 is 0 Å². The normalized spacial score (nSPS) is 10.7. The van der Waals surface area contributed by atoms with Crippen molar-refractivity contribution in [2.75, 3.05) is 13.7 Å². The predicted molar refractivity (Wildman–Crippen MR) is 89.5 cm³/mol. The van der Waals surface area contributed by atoms with Crippen molar-refractivity contribution >= 4 is 12.0 Å². The summed E-state index contributed by atoms with van der Waals surface area (Å²) in [5.74, 6) is 0.623. The number of methoxy groups -OCH3 is 1. The molecule has 0 spiro atoms. The standard InChI is InChI=1S/C19H20O4/c1-14-3-4-16(13-18(14)22-2)7-10-19(21)23-12-11-15-5-8-17(20)9-6-15/h3-10,13,20H,11-12H2,1-2H3/b10-7+. The zero-order valence-electron chi connectivity index (χ0n) is 13.3. The fourth-order valence-corrected chi connectivity index (χ4v) is 2.08. The summed E-state index contributed by atoms with van der Waals surface area (Å²) < 4.78 is 10.4. The SMILES string of the molecule is COc1cc(/C=C/C(=O)OCCc2ccc(O)cc2)ccc1C. The average Bonchev–Trinajstić information content (AvgIpc) is 2.56. The largest absolute Gasteiger partial charge is 0.508 e. The van der Waals surface area contributed by atoms with Gasteiger partial charge >= 0.3 is 5.97 Å². The van der Waals surface area contributed by atoms with Crippen molar-refractivity contribution in [1.29, 1.82) is 0 Å². The minimum absolute atomic E-state index is 0.224. The first-order valence-electron chi connectivity index (χ1n) is 7.36. The molecular formula is C19H20O4. The molecule has 0 amide bonds. The lowest BCUT2D eigenvalue weighted by Gasteiger charge is -2.05. The van der Waals surface area contributed by atoms with Gasteiger partial charge in [-0.25, -0.2) is 4.79 Å². The van der Waals surface area contributed by atoms with Crippen LogP contribution in [-0.4, -0.2) is 24.8 Å². The summed E-state index contributed by atoms with van der Waals surface area (Å²) in [5, 5.41) is 9.20. The third-order valence-electron chi connectivity index (χ3n) is 3.42. The predicted octanol–water partition coefficient (Wildman–Crippen LogP) is 3.51. The van der Waals surface area contributed by atoms with Crippen LogP contribution >= 0.6 is 0 Å². The number of hydrogen-bond donors (Lipinski definition) is 1. The molecule has 23 heavy (non-hydrogen) atoms. The van der Waals surface area contributed by atoms with E-state index in [1.807, 2.05) is 25.1 Å². The number of carbonyl (C=O) groups is 1. The van der Waals surface area contributed by atoms with E-state index < -0.39 is 0 Å². The highest BCUT2D eigenvalue weighted by Gasteiger charge is 2.01. The van der Waals surface area contributed by atoms with Crippen LogP contribution in [0.25, 0.3) is 6.08 Å². The monoisotopic (exact) mass is 312 g/mol. The maximum absolute atomic E-state index is 11.7. The number of benzene rings is 2. The average molecular weight is 312 g/mol. The molecule has 0 saturated carbocycles. The number of aromatic hydroxyl groups is 1. The molecule has 0 saturated heterocycles. The lowest BCUT2D eigenvalue weighted by molar-refractivity contribution is -0.137. The Kier molecular flexibility index (Phi) is 5.80. The van der Waals surface area contributed by atoms with E-state index in [0.29, 0.717) is 13.0 Å². The minimum Gasteiger partial charge on any atom is -0.508 e. The van der Waals surface area contributed by atoms with Gasteiger partial charge in [-0.15, -0.1) is 0 Å². The molecule has 0 fully saturated rings. The quantitative estimate of drug-likeness (QED) is 0.655. The van der Waals surface area contributed by atoms with Crippen LogP contribution in [0.2, 0.25) is 0 Å². The summed E-state index contributed by atoms with van der Waals surface area (Å²) in [5.41, 5.74) is 2.92. The minimum atomic E-state index is -0.386. The molecule has 2 aromatic rings. The number of phenolic OH excluding ortho intramolecular Hbond substituents is 1. The Morgan fingerprint density at radius 1 is 1.17 bits per heavy atom. The van der Waals surface area contributed by atoms with Crippen molar-refractivity contribution in [1.82, 2.24) is 0 Å². The second kappa shape index (κ2) is 8.03. The lowest BCUT2D eigenvalue weighted by Crippen LogP contribution is -2.04. The molecule has 0 bridgehead atoms. The first-order chi connectivity index (χ1) is 11.1. The molecule has 2 rings (SSSR count). The Balaban J connectivity index is 1.83. The van der Waals surface area contributed by atoms with Crippen LogP contribution in [0.5, 0.6) is 11.5 Å². The van der Waals surface area contributed by atoms with Gasteiger partial charge in [0.05, 0.1) is 13.7 Å². The molecule has 0 aromatic heterocycles. The molecule has 0 aliphatic rings. The van der Waals surface area contributed by atoms with Gasteiger partial charge < -0.3 is 14.6 Å². The zero-order chi connectivity index (χ0) is 16.7. The maximum Gasteiger partial charge on any atom is 0.330 e. The Morgan fingerprint density at radius 3 is 2.61 bits per heavy atom. The zero-order valence-corrected chi connectivity index (χ0v) is 13.3. The summed E-state index contributed by atoms with van der Waals surface area (Å²) in [6.07, 6.45) is 3.71. The van der Waals surface area contributed by atoms with Crippen molar-refractivity contribution in [2.45, 2.75) is 13.3 Å². The molecule has 0 heterocycles. The molecular weight excluding hydrogens is 292 g/mol. The molecule has 120 valence electrons. The molecule has 1 N–H and O–H groups in total. The topological polar surface area (TPSA) is 55.8 Å². The van der Waals surface area contributed by atoms with Gasteiger partial charge in [-0.2, -0.15) is 0 Å². The van der Waals surface area contributed by atoms with Gasteiger partial charge in [0.25, 0.3) is 0 Å². The summed E-state index contributed by atoms with van der Waals surface area (Å²) in [7, 11) is 1.62. The van der Waals surface area contributed by atoms with Crippen molar-refractivity contribution in [3.63, 3.8) is 0 Å². The van der Waals surface area contributed by atoms with Gasteiger partial charge in [0.15, 0.2) is 0 Å². The molecule has 4 heteroatoms. The van der Waals surface area contributed by atoms with E-state index in [9.17, 15) is 9.90 Å². The molecule has 4 nitrogen and oxygen atoms in total. The summed E-state index contributed by atoms with van der Waals surface area (Å²) in [4.78, 5) is 11.7. The third kappa shape index (κ3) is 5.18. The number of phenols is 1. The fraction of sp³-hybridized carbons (Fsp3) is 0.211. The van der Waals surface area contributed by atoms with Crippen LogP contribution in [-0.2, 0) is 16.0 Å². The van der Waals surface area contributed by atoms with Gasteiger partial charge in [-0.05, 0) is 47.9 Å². The Bertz CT molecular complexity index is 687. The molecule has 0 atom stereocenters. The highest BCUT2D eigenvalue weighted by Crippen LogP contribution is 2.19. The number of esters is 1. The van der Waals surface area contributed by atoms with Crippen molar-refractivity contribution in [3.05, 3.63) is 65.2 Å². The second-order valence-electron chi connectivity index (χ2n) is 5.15. The number of aryl methyl sites for hydroxylation is 1. The molecule has 0 aliphatic heterocycles. The van der Waals surface area contributed by atoms with Crippen LogP contribution in [0.4, 0.5) is 0 Å². The van der Waals surface area contributed by atoms with Crippen LogP contribution in [0, 0.1) is 6.92 Å². The van der Waals surface area contributed by atoms with Crippen molar-refractivity contribution < 1.29 is 19.4 Å². The maximum atomic E-state index is 11.7. The van der Waals surface area contributed by atoms with E-state index in [-0.39, 0.29) is 11.7 Å². The van der Waals surface area contributed by atoms with Crippen LogP contribution in [0.15, 0.2) is 48.5 Å². The fourth-order valence-electron chi connectivity index (χ4n) is 2.08. The van der Waals surface area contributed by atoms with Crippen molar-refractivity contribution in [3.8, 4) is 11.5 Å². The summed E-state index contributed by atoms with van der Waals surface area (Å²) in [6.45, 7) is 2.26. The first kappa shape index (κ1) is 16.6. The van der Waals surface area contributed by atoms with E-state index in [2.05, 4.69) is 0 Å². The van der Waals surface area contributed by atoms with Crippen LogP contribution in [0.1, 0.15) is 16.7 Å². The number of rotatable bonds is 6. The van der Waals surface area contributed by atoms with Gasteiger partial charge in [0.1, 0.15) is 11.5 Å². The Morgan fingerprint density at radius 2 is 1.91 bits per heavy atom. The van der Waals surface area contributed by atoms with Crippen LogP contribution in [0.3, 0.4) is 0 Å². The second-order valence-corrected chi connectivity index (χ2v) is 5.15. The Labute approximate surface area is 136 Å². The van der Waals surface area contributed by atoms with Crippen molar-refractivity contribution in [2.24, 2.45) is 0 Å². The molecule has 2 aromatic carbocycles. The Hall–Kier alpha value is -2.75. The van der Waals surface area contributed by atoms with Crippen LogP contribution < -0.4 is 4.74 Å². The highest BCUT2D eigenvalue weighted by molar-refractivity contribution is 5.87. The molecule has 0 unspecified atom stereocenters. The van der Waals surface area contributed by atoms with E-state index in [1.165, 1.54) is 6.08 Å². The van der Waals surface area contributed by atoms with Gasteiger partial charge in [0, 0.05) is 12.5 Å². The van der Waals surface area contributed by atoms with E-state index in [0.717, 1.165) is 22.4 Å². The number of ether oxygens (including phenoxy) is 2. The summed E-state index contributed by atoms with van der Waals surface area (Å²) >= 11 is 0. The van der Waals surface area contributed by atoms with Gasteiger partial charge in [0.2, 0.25) is 0 Å². The smallest absolute Gasteiger partial charge is 0.330 e. The van der Waals surface area contributed by atoms with Gasteiger partial charge in [-0.1, -0.05) is 24.3 Å². The summed E-state index contributed by atoms with van der Waals surface area (Å²) in [6, 6.07) is 12.6. The molecule has 0 aliphatic carbocycles. The molecule has 0 radical (unpaired) electrons. The van der Waals surface area contributed by atoms with Gasteiger partial charge in [-0.3, -0.25) is 0 Å². The number of carbonyl (C=O) groups excluding carboxylic acids is 1. The van der Waals surface area contributed by atoms with E-state index in [4.69, 9.17) is 9.47 Å². The lowest BCUT2D eigenvalue weighted by atomic mass is 10.1. The highest BCUT2D eigenvalue weighted by atomic mass is 16.5. The number of hydrogen-bond acceptors (Lipinski definition) is 4. The first-order valence-corrected chi connectivity index (χ1v) is 7.36.